The summed E-state index contributed by atoms with van der Waals surface area (Å²) in [5.41, 5.74) is 13.5. The molecule has 1 aliphatic carbocycles. The van der Waals surface area contributed by atoms with Crippen LogP contribution in [-0.4, -0.2) is 6.04 Å². The molecule has 0 aromatic heterocycles. The third-order valence-corrected chi connectivity index (χ3v) is 14.5. The highest BCUT2D eigenvalue weighted by Gasteiger charge is 2.40. The molecule has 13 rings (SSSR count). The zero-order valence-electron chi connectivity index (χ0n) is 36.4. The second-order valence-electron chi connectivity index (χ2n) is 18.1. The topological polar surface area (TPSA) is 6.48 Å². The van der Waals surface area contributed by atoms with Gasteiger partial charge in [0.2, 0.25) is 0 Å². The van der Waals surface area contributed by atoms with Crippen molar-refractivity contribution in [3.63, 3.8) is 0 Å². The minimum absolute atomic E-state index is 0.504. The molecule has 2 aliphatic rings. The van der Waals surface area contributed by atoms with Crippen molar-refractivity contribution >= 4 is 82.3 Å². The molecule has 11 aromatic carbocycles. The first kappa shape index (κ1) is 37.7. The fraction of sp³-hybridized carbons (Fsp3) is 0.111. The van der Waals surface area contributed by atoms with Crippen LogP contribution in [0.5, 0.6) is 0 Å². The molecule has 1 saturated carbocycles. The van der Waals surface area contributed by atoms with E-state index in [4.69, 9.17) is 0 Å². The molecule has 0 N–H and O–H groups in total. The van der Waals surface area contributed by atoms with Crippen LogP contribution in [0.1, 0.15) is 42.7 Å². The number of nitrogens with zero attached hydrogens (tertiary/aromatic N) is 2. The van der Waals surface area contributed by atoms with Gasteiger partial charge in [0, 0.05) is 61.8 Å². The molecular weight excluding hydrogens is 785 g/mol. The summed E-state index contributed by atoms with van der Waals surface area (Å²) in [7, 11) is 0. The maximum atomic E-state index is 3.77. The van der Waals surface area contributed by atoms with Gasteiger partial charge in [0.1, 0.15) is 0 Å². The lowest BCUT2D eigenvalue weighted by Gasteiger charge is -2.34. The third-order valence-electron chi connectivity index (χ3n) is 14.5. The van der Waals surface area contributed by atoms with Crippen molar-refractivity contribution < 1.29 is 0 Å². The minimum atomic E-state index is 0.504. The number of aryl methyl sites for hydroxylation is 1. The molecule has 2 heteroatoms. The van der Waals surface area contributed by atoms with Gasteiger partial charge < -0.3 is 9.80 Å². The van der Waals surface area contributed by atoms with Gasteiger partial charge in [-0.05, 0) is 128 Å². The molecule has 308 valence electrons. The van der Waals surface area contributed by atoms with Crippen LogP contribution in [0.4, 0.5) is 28.4 Å². The van der Waals surface area contributed by atoms with Crippen molar-refractivity contribution in [2.45, 2.75) is 44.6 Å². The molecule has 1 fully saturated rings. The highest BCUT2D eigenvalue weighted by molar-refractivity contribution is 6.31. The number of benzene rings is 10. The molecule has 2 atom stereocenters. The Hall–Kier alpha value is -7.86. The van der Waals surface area contributed by atoms with E-state index in [2.05, 4.69) is 229 Å². The fourth-order valence-electron chi connectivity index (χ4n) is 11.8. The summed E-state index contributed by atoms with van der Waals surface area (Å²) in [6.45, 7) is 2.14. The predicted octanol–water partition coefficient (Wildman–Crippen LogP) is 17.3. The van der Waals surface area contributed by atoms with Crippen molar-refractivity contribution in [3.05, 3.63) is 223 Å². The van der Waals surface area contributed by atoms with Crippen LogP contribution in [0, 0.1) is 19.1 Å². The van der Waals surface area contributed by atoms with Crippen molar-refractivity contribution in [1.82, 2.24) is 0 Å². The normalized spacial score (nSPS) is 15.7. The van der Waals surface area contributed by atoms with E-state index in [1.54, 1.807) is 0 Å². The number of fused-ring (bicyclic) bond motifs is 8. The summed E-state index contributed by atoms with van der Waals surface area (Å²) in [5, 5.41) is 12.0. The highest BCUT2D eigenvalue weighted by atomic mass is 15.2. The summed E-state index contributed by atoms with van der Waals surface area (Å²) in [5.74, 6) is 0.597. The smallest absolute Gasteiger partial charge is 0.0618 e. The third kappa shape index (κ3) is 5.89. The second-order valence-corrected chi connectivity index (χ2v) is 18.1. The molecule has 1 aliphatic heterocycles. The first-order chi connectivity index (χ1) is 32.2. The largest absolute Gasteiger partial charge is 0.338 e. The lowest BCUT2D eigenvalue weighted by atomic mass is 9.82. The van der Waals surface area contributed by atoms with Crippen molar-refractivity contribution in [3.8, 4) is 22.3 Å². The van der Waals surface area contributed by atoms with Crippen LogP contribution in [0.25, 0.3) is 76.1 Å². The molecule has 1 heterocycles. The Morgan fingerprint density at radius 3 is 1.77 bits per heavy atom. The number of para-hydroxylation sites is 2. The first-order valence-corrected chi connectivity index (χ1v) is 23.3. The average Bonchev–Trinajstić information content (AvgIpc) is 3.70. The van der Waals surface area contributed by atoms with Crippen LogP contribution in [0.2, 0.25) is 0 Å². The minimum Gasteiger partial charge on any atom is -0.338 e. The first-order valence-electron chi connectivity index (χ1n) is 23.3. The van der Waals surface area contributed by atoms with E-state index in [1.807, 2.05) is 0 Å². The zero-order chi connectivity index (χ0) is 43.0. The number of anilines is 5. The Balaban J connectivity index is 1.06. The zero-order valence-corrected chi connectivity index (χ0v) is 36.4. The van der Waals surface area contributed by atoms with Crippen LogP contribution in [0.15, 0.2) is 200 Å². The van der Waals surface area contributed by atoms with Crippen LogP contribution in [0.3, 0.4) is 0 Å². The molecule has 2 nitrogen and oxygen atoms in total. The number of hydrogen-bond acceptors (Lipinski definition) is 2. The molecule has 0 amide bonds. The average molecular weight is 831 g/mol. The molecule has 2 unspecified atom stereocenters. The molecule has 0 bridgehead atoms. The Morgan fingerprint density at radius 2 is 1.03 bits per heavy atom. The maximum Gasteiger partial charge on any atom is 0.0618 e. The Morgan fingerprint density at radius 1 is 0.462 bits per heavy atom. The summed E-state index contributed by atoms with van der Waals surface area (Å²) in [6.07, 6.45) is 5.10. The van der Waals surface area contributed by atoms with Gasteiger partial charge in [-0.3, -0.25) is 0 Å². The van der Waals surface area contributed by atoms with Crippen LogP contribution >= 0.6 is 0 Å². The summed E-state index contributed by atoms with van der Waals surface area (Å²) >= 11 is 0. The quantitative estimate of drug-likeness (QED) is 0.154. The molecule has 0 saturated heterocycles. The van der Waals surface area contributed by atoms with Crippen LogP contribution in [-0.2, 0) is 0 Å². The van der Waals surface area contributed by atoms with Crippen LogP contribution < -0.4 is 9.80 Å². The van der Waals surface area contributed by atoms with Gasteiger partial charge in [-0.25, -0.2) is 0 Å². The van der Waals surface area contributed by atoms with E-state index in [1.165, 1.54) is 119 Å². The van der Waals surface area contributed by atoms with E-state index >= 15 is 0 Å². The molecule has 0 spiro atoms. The van der Waals surface area contributed by atoms with Crippen molar-refractivity contribution in [2.75, 3.05) is 9.80 Å². The highest BCUT2D eigenvalue weighted by Crippen LogP contribution is 2.54. The maximum absolute atomic E-state index is 3.77. The summed E-state index contributed by atoms with van der Waals surface area (Å²) in [6, 6.07) is 82.2. The Kier molecular flexibility index (Phi) is 8.78. The van der Waals surface area contributed by atoms with Gasteiger partial charge in [0.15, 0.2) is 0 Å². The van der Waals surface area contributed by atoms with Crippen molar-refractivity contribution in [1.29, 1.82) is 0 Å². The second kappa shape index (κ2) is 15.2. The predicted molar refractivity (Wildman–Crippen MR) is 276 cm³/mol. The van der Waals surface area contributed by atoms with Gasteiger partial charge >= 0.3 is 0 Å². The molecular formula is C63H46N2. The number of hydrogen-bond donors (Lipinski definition) is 0. The summed E-state index contributed by atoms with van der Waals surface area (Å²) in [4.78, 5) is 5.13. The standard InChI is InChI=1S/C63H46N2/c1-41-34-39-54-57(40-41)60(49-31-17-19-42-18-5-6-22-46(42)49)50-25-7-8-26-51(50)61(54)62-52-27-9-11-29-55(52)63(56-30-12-10-28-53(56)62)64(43-20-3-2-4-21-43)44-35-37-45(38-36-44)65-58-32-15-13-23-47(58)48-24-14-16-33-59(48)65/h2-13,15,17-23,25-32,35-38,40,48,59H,14,16,24,33H2,1H3. The Bertz CT molecular complexity index is 3580. The fourth-order valence-corrected chi connectivity index (χ4v) is 11.8. The lowest BCUT2D eigenvalue weighted by Crippen LogP contribution is -2.32. The monoisotopic (exact) mass is 830 g/mol. The molecule has 11 aromatic rings. The summed E-state index contributed by atoms with van der Waals surface area (Å²) < 4.78 is 0. The lowest BCUT2D eigenvalue weighted by molar-refractivity contribution is 0.402. The van der Waals surface area contributed by atoms with E-state index < -0.39 is 0 Å². The Labute approximate surface area is 380 Å². The van der Waals surface area contributed by atoms with E-state index in [9.17, 15) is 0 Å². The van der Waals surface area contributed by atoms with E-state index in [0.29, 0.717) is 12.0 Å². The van der Waals surface area contributed by atoms with E-state index in [-0.39, 0.29) is 0 Å². The van der Waals surface area contributed by atoms with Crippen molar-refractivity contribution in [2.24, 2.45) is 0 Å². The number of rotatable bonds is 6. The van der Waals surface area contributed by atoms with Gasteiger partial charge in [-0.2, -0.15) is 0 Å². The van der Waals surface area contributed by atoms with Gasteiger partial charge in [-0.1, -0.05) is 177 Å². The molecule has 0 radical (unpaired) electrons. The van der Waals surface area contributed by atoms with Gasteiger partial charge in [-0.15, -0.1) is 0 Å². The van der Waals surface area contributed by atoms with Gasteiger partial charge in [0.25, 0.3) is 0 Å². The SMILES string of the molecule is Cc1c#cc2c(-c3c4ccccc4c(N(c4ccccc4)c4ccc(N5c6ccccc6C6CCCCC65)cc4)c4ccccc34)c3ccccc3c(-c3cccc4ccccc34)c2c1. The molecule has 65 heavy (non-hydrogen) atoms. The van der Waals surface area contributed by atoms with E-state index in [0.717, 1.165) is 22.3 Å². The van der Waals surface area contributed by atoms with Gasteiger partial charge in [0.05, 0.1) is 5.69 Å².